The molecule has 0 atom stereocenters. The second kappa shape index (κ2) is 5.23. The molecule has 0 amide bonds. The molecule has 0 saturated heterocycles. The topological polar surface area (TPSA) is 63.3 Å². The Morgan fingerprint density at radius 3 is 2.80 bits per heavy atom. The van der Waals surface area contributed by atoms with Crippen LogP contribution in [0.3, 0.4) is 0 Å². The number of benzene rings is 1. The molecule has 0 bridgehead atoms. The predicted molar refractivity (Wildman–Crippen MR) is 66.1 cm³/mol. The summed E-state index contributed by atoms with van der Waals surface area (Å²) in [5, 5.41) is 8.63. The van der Waals surface area contributed by atoms with Crippen molar-refractivity contribution in [3.63, 3.8) is 0 Å². The Morgan fingerprint density at radius 1 is 1.60 bits per heavy atom. The molecule has 80 valence electrons. The van der Waals surface area contributed by atoms with Crippen LogP contribution in [0.15, 0.2) is 39.7 Å². The van der Waals surface area contributed by atoms with E-state index in [2.05, 4.69) is 22.5 Å². The van der Waals surface area contributed by atoms with Gasteiger partial charge in [-0.1, -0.05) is 6.58 Å². The molecule has 0 aromatic heterocycles. The molecule has 0 radical (unpaired) electrons. The van der Waals surface area contributed by atoms with Crippen molar-refractivity contribution < 1.29 is 9.90 Å². The summed E-state index contributed by atoms with van der Waals surface area (Å²) in [7, 11) is 0. The van der Waals surface area contributed by atoms with Gasteiger partial charge in [-0.05, 0) is 34.1 Å². The van der Waals surface area contributed by atoms with Gasteiger partial charge in [0.1, 0.15) is 0 Å². The molecule has 0 heterocycles. The lowest BCUT2D eigenvalue weighted by atomic mass is 10.3. The van der Waals surface area contributed by atoms with E-state index < -0.39 is 5.97 Å². The molecule has 0 saturated carbocycles. The highest BCUT2D eigenvalue weighted by atomic mass is 79.9. The summed E-state index contributed by atoms with van der Waals surface area (Å²) in [6, 6.07) is 5.40. The van der Waals surface area contributed by atoms with Crippen LogP contribution >= 0.6 is 27.7 Å². The normalized spacial score (nSPS) is 9.93. The maximum atomic E-state index is 10.5. The number of halogens is 1. The molecule has 1 aromatic rings. The Morgan fingerprint density at radius 2 is 2.27 bits per heavy atom. The number of rotatable bonds is 4. The van der Waals surface area contributed by atoms with Crippen molar-refractivity contribution in [3.8, 4) is 0 Å². The second-order valence-corrected chi connectivity index (χ2v) is 4.76. The maximum absolute atomic E-state index is 10.5. The first kappa shape index (κ1) is 12.1. The van der Waals surface area contributed by atoms with Crippen LogP contribution in [-0.4, -0.2) is 16.8 Å². The number of carboxylic acid groups (broad SMARTS) is 1. The van der Waals surface area contributed by atoms with E-state index in [1.54, 1.807) is 12.1 Å². The van der Waals surface area contributed by atoms with E-state index in [1.165, 1.54) is 11.8 Å². The third-order valence-corrected chi connectivity index (χ3v) is 3.74. The van der Waals surface area contributed by atoms with Crippen LogP contribution < -0.4 is 5.73 Å². The highest BCUT2D eigenvalue weighted by molar-refractivity contribution is 9.10. The van der Waals surface area contributed by atoms with E-state index in [0.717, 1.165) is 9.37 Å². The van der Waals surface area contributed by atoms with Crippen molar-refractivity contribution >= 4 is 39.3 Å². The third-order valence-electron chi connectivity index (χ3n) is 1.66. The number of carboxylic acids is 1. The van der Waals surface area contributed by atoms with E-state index >= 15 is 0 Å². The molecule has 15 heavy (non-hydrogen) atoms. The molecule has 1 aromatic carbocycles. The number of nitrogens with two attached hydrogens (primary N) is 1. The number of aliphatic carboxylic acids is 1. The van der Waals surface area contributed by atoms with E-state index in [4.69, 9.17) is 10.8 Å². The van der Waals surface area contributed by atoms with Gasteiger partial charge in [0.15, 0.2) is 0 Å². The fourth-order valence-electron chi connectivity index (χ4n) is 0.861. The van der Waals surface area contributed by atoms with Gasteiger partial charge < -0.3 is 10.8 Å². The van der Waals surface area contributed by atoms with Crippen molar-refractivity contribution in [2.75, 3.05) is 11.5 Å². The molecule has 0 spiro atoms. The van der Waals surface area contributed by atoms with Crippen LogP contribution in [0.2, 0.25) is 0 Å². The first-order valence-corrected chi connectivity index (χ1v) is 5.87. The number of anilines is 1. The molecule has 5 heteroatoms. The van der Waals surface area contributed by atoms with Crippen LogP contribution in [0.4, 0.5) is 5.69 Å². The van der Waals surface area contributed by atoms with Crippen molar-refractivity contribution in [2.24, 2.45) is 0 Å². The summed E-state index contributed by atoms with van der Waals surface area (Å²) in [6.45, 7) is 3.46. The molecule has 0 unspecified atom stereocenters. The molecule has 3 N–H and O–H groups in total. The third kappa shape index (κ3) is 3.60. The van der Waals surface area contributed by atoms with Crippen molar-refractivity contribution in [1.29, 1.82) is 0 Å². The van der Waals surface area contributed by atoms with E-state index in [1.807, 2.05) is 6.07 Å². The summed E-state index contributed by atoms with van der Waals surface area (Å²) in [6.07, 6.45) is 0. The number of hydrogen-bond acceptors (Lipinski definition) is 3. The average molecular weight is 288 g/mol. The van der Waals surface area contributed by atoms with Gasteiger partial charge in [-0.2, -0.15) is 0 Å². The number of nitrogen functional groups attached to an aromatic ring is 1. The second-order valence-electron chi connectivity index (χ2n) is 2.89. The highest BCUT2D eigenvalue weighted by Gasteiger charge is 2.06. The quantitative estimate of drug-likeness (QED) is 0.508. The molecular formula is C10H10BrNO2S. The minimum atomic E-state index is -0.964. The van der Waals surface area contributed by atoms with Crippen molar-refractivity contribution in [2.45, 2.75) is 4.90 Å². The van der Waals surface area contributed by atoms with Gasteiger partial charge in [-0.3, -0.25) is 0 Å². The Kier molecular flexibility index (Phi) is 4.23. The van der Waals surface area contributed by atoms with Gasteiger partial charge in [0.25, 0.3) is 0 Å². The molecule has 0 aliphatic rings. The summed E-state index contributed by atoms with van der Waals surface area (Å²) in [5.41, 5.74) is 6.43. The summed E-state index contributed by atoms with van der Waals surface area (Å²) >= 11 is 4.77. The lowest BCUT2D eigenvalue weighted by Gasteiger charge is -2.04. The largest absolute Gasteiger partial charge is 0.478 e. The molecule has 3 nitrogen and oxygen atoms in total. The first-order chi connectivity index (χ1) is 7.00. The van der Waals surface area contributed by atoms with E-state index in [0.29, 0.717) is 11.4 Å². The van der Waals surface area contributed by atoms with Gasteiger partial charge >= 0.3 is 5.97 Å². The number of hydrogen-bond donors (Lipinski definition) is 2. The fourth-order valence-corrected chi connectivity index (χ4v) is 2.41. The average Bonchev–Trinajstić information content (AvgIpc) is 2.15. The molecule has 1 rings (SSSR count). The van der Waals surface area contributed by atoms with Gasteiger partial charge in [-0.15, -0.1) is 11.8 Å². The monoisotopic (exact) mass is 287 g/mol. The predicted octanol–water partition coefficient (Wildman–Crippen LogP) is 2.76. The SMILES string of the molecule is C=C(CSc1ccc(N)cc1Br)C(=O)O. The Hall–Kier alpha value is -0.940. The Labute approximate surface area is 100 Å². The van der Waals surface area contributed by atoms with Crippen molar-refractivity contribution in [1.82, 2.24) is 0 Å². The smallest absolute Gasteiger partial charge is 0.331 e. The molecular weight excluding hydrogens is 278 g/mol. The van der Waals surface area contributed by atoms with Crippen LogP contribution in [0.1, 0.15) is 0 Å². The Balaban J connectivity index is 2.66. The van der Waals surface area contributed by atoms with Crippen molar-refractivity contribution in [3.05, 3.63) is 34.8 Å². The summed E-state index contributed by atoms with van der Waals surface area (Å²) in [5.74, 6) is -0.605. The van der Waals surface area contributed by atoms with Crippen LogP contribution in [0, 0.1) is 0 Å². The van der Waals surface area contributed by atoms with Gasteiger partial charge in [0.05, 0.1) is 0 Å². The molecule has 0 aliphatic heterocycles. The van der Waals surface area contributed by atoms with E-state index in [9.17, 15) is 4.79 Å². The maximum Gasteiger partial charge on any atom is 0.331 e. The zero-order chi connectivity index (χ0) is 11.4. The lowest BCUT2D eigenvalue weighted by molar-refractivity contribution is -0.132. The first-order valence-electron chi connectivity index (χ1n) is 4.09. The fraction of sp³-hybridized carbons (Fsp3) is 0.100. The van der Waals surface area contributed by atoms with Gasteiger partial charge in [-0.25, -0.2) is 4.79 Å². The number of thioether (sulfide) groups is 1. The van der Waals surface area contributed by atoms with Gasteiger partial charge in [0, 0.05) is 26.4 Å². The highest BCUT2D eigenvalue weighted by Crippen LogP contribution is 2.30. The summed E-state index contributed by atoms with van der Waals surface area (Å²) < 4.78 is 0.866. The van der Waals surface area contributed by atoms with Crippen LogP contribution in [0.25, 0.3) is 0 Å². The zero-order valence-electron chi connectivity index (χ0n) is 7.87. The zero-order valence-corrected chi connectivity index (χ0v) is 10.3. The van der Waals surface area contributed by atoms with Crippen LogP contribution in [0.5, 0.6) is 0 Å². The van der Waals surface area contributed by atoms with E-state index in [-0.39, 0.29) is 5.57 Å². The lowest BCUT2D eigenvalue weighted by Crippen LogP contribution is -2.01. The summed E-state index contributed by atoms with van der Waals surface area (Å²) in [4.78, 5) is 11.5. The molecule has 0 aliphatic carbocycles. The minimum Gasteiger partial charge on any atom is -0.478 e. The minimum absolute atomic E-state index is 0.184. The van der Waals surface area contributed by atoms with Crippen LogP contribution in [-0.2, 0) is 4.79 Å². The number of carbonyl (C=O) groups is 1. The molecule has 0 fully saturated rings. The standard InChI is InChI=1S/C10H10BrNO2S/c1-6(10(13)14)5-15-9-3-2-7(12)4-8(9)11/h2-4H,1,5,12H2,(H,13,14). The Bertz CT molecular complexity index is 406. The van der Waals surface area contributed by atoms with Gasteiger partial charge in [0.2, 0.25) is 0 Å².